The molecule has 1 aromatic heterocycles. The molecule has 0 saturated carbocycles. The minimum Gasteiger partial charge on any atom is -0.379 e. The summed E-state index contributed by atoms with van der Waals surface area (Å²) < 4.78 is 0. The summed E-state index contributed by atoms with van der Waals surface area (Å²) >= 11 is 1.73. The molecule has 0 amide bonds. The third-order valence-corrected chi connectivity index (χ3v) is 2.36. The van der Waals surface area contributed by atoms with E-state index in [1.807, 2.05) is 0 Å². The van der Waals surface area contributed by atoms with Crippen molar-refractivity contribution in [2.24, 2.45) is 0 Å². The molecule has 1 aliphatic rings. The normalized spacial score (nSPS) is 18.4. The lowest BCUT2D eigenvalue weighted by atomic mass is 10.2. The van der Waals surface area contributed by atoms with E-state index < -0.39 is 0 Å². The molecular formula is C7H10N2S. The fourth-order valence-electron chi connectivity index (χ4n) is 0.973. The number of hydrogen-bond acceptors (Lipinski definition) is 3. The minimum absolute atomic E-state index is 0.662. The van der Waals surface area contributed by atoms with Crippen molar-refractivity contribution < 1.29 is 0 Å². The monoisotopic (exact) mass is 154 g/mol. The van der Waals surface area contributed by atoms with E-state index in [9.17, 15) is 0 Å². The summed E-state index contributed by atoms with van der Waals surface area (Å²) in [6, 6.07) is 2.78. The zero-order valence-electron chi connectivity index (χ0n) is 5.63. The number of anilines is 1. The lowest BCUT2D eigenvalue weighted by Crippen LogP contribution is -2.51. The van der Waals surface area contributed by atoms with Gasteiger partial charge in [0.05, 0.1) is 6.04 Å². The van der Waals surface area contributed by atoms with Gasteiger partial charge >= 0.3 is 0 Å². The van der Waals surface area contributed by atoms with Crippen LogP contribution in [0, 0.1) is 0 Å². The third-order valence-electron chi connectivity index (χ3n) is 1.67. The molecule has 1 aliphatic heterocycles. The van der Waals surface area contributed by atoms with Crippen molar-refractivity contribution in [3.8, 4) is 0 Å². The molecule has 0 spiro atoms. The van der Waals surface area contributed by atoms with Crippen LogP contribution in [-0.2, 0) is 0 Å². The maximum Gasteiger partial charge on any atom is 0.0510 e. The van der Waals surface area contributed by atoms with Gasteiger partial charge in [-0.3, -0.25) is 0 Å². The van der Waals surface area contributed by atoms with E-state index in [-0.39, 0.29) is 0 Å². The van der Waals surface area contributed by atoms with Gasteiger partial charge < -0.3 is 10.6 Å². The summed E-state index contributed by atoms with van der Waals surface area (Å²) in [7, 11) is 0. The number of hydrogen-bond donors (Lipinski definition) is 2. The van der Waals surface area contributed by atoms with Crippen LogP contribution >= 0.6 is 11.3 Å². The maximum atomic E-state index is 3.41. The van der Waals surface area contributed by atoms with E-state index in [1.165, 1.54) is 5.69 Å². The van der Waals surface area contributed by atoms with Gasteiger partial charge in [0.1, 0.15) is 0 Å². The Labute approximate surface area is 64.3 Å². The molecule has 0 bridgehead atoms. The predicted octanol–water partition coefficient (Wildman–Crippen LogP) is 1.13. The summed E-state index contributed by atoms with van der Waals surface area (Å²) in [5.74, 6) is 0. The van der Waals surface area contributed by atoms with Crippen LogP contribution in [0.1, 0.15) is 0 Å². The lowest BCUT2D eigenvalue weighted by Gasteiger charge is -2.28. The molecule has 1 saturated heterocycles. The molecule has 3 heteroatoms. The molecule has 0 aromatic carbocycles. The number of rotatable bonds is 2. The Kier molecular flexibility index (Phi) is 1.61. The average Bonchev–Trinajstić information content (AvgIpc) is 2.29. The Balaban J connectivity index is 1.90. The predicted molar refractivity (Wildman–Crippen MR) is 44.6 cm³/mol. The highest BCUT2D eigenvalue weighted by atomic mass is 32.1. The smallest absolute Gasteiger partial charge is 0.0510 e. The van der Waals surface area contributed by atoms with Crippen molar-refractivity contribution in [1.82, 2.24) is 5.32 Å². The Morgan fingerprint density at radius 3 is 3.00 bits per heavy atom. The summed E-state index contributed by atoms with van der Waals surface area (Å²) in [5.41, 5.74) is 1.26. The first kappa shape index (κ1) is 6.19. The second kappa shape index (κ2) is 2.60. The first-order valence-corrected chi connectivity index (χ1v) is 4.39. The van der Waals surface area contributed by atoms with Crippen LogP contribution in [0.5, 0.6) is 0 Å². The first-order valence-electron chi connectivity index (χ1n) is 3.44. The second-order valence-electron chi connectivity index (χ2n) is 2.51. The maximum absolute atomic E-state index is 3.41. The topological polar surface area (TPSA) is 24.1 Å². The zero-order chi connectivity index (χ0) is 6.81. The van der Waals surface area contributed by atoms with Crippen molar-refractivity contribution in [1.29, 1.82) is 0 Å². The molecule has 2 rings (SSSR count). The SMILES string of the molecule is c1cc(NC2CNC2)cs1. The first-order chi connectivity index (χ1) is 4.95. The molecule has 2 heterocycles. The quantitative estimate of drug-likeness (QED) is 0.667. The van der Waals surface area contributed by atoms with Crippen LogP contribution in [0.3, 0.4) is 0 Å². The third kappa shape index (κ3) is 1.15. The van der Waals surface area contributed by atoms with Gasteiger partial charge in [0.25, 0.3) is 0 Å². The fourth-order valence-corrected chi connectivity index (χ4v) is 1.57. The highest BCUT2D eigenvalue weighted by molar-refractivity contribution is 7.08. The van der Waals surface area contributed by atoms with E-state index in [1.54, 1.807) is 11.3 Å². The highest BCUT2D eigenvalue weighted by Gasteiger charge is 2.15. The largest absolute Gasteiger partial charge is 0.379 e. The van der Waals surface area contributed by atoms with Gasteiger partial charge in [-0.05, 0) is 11.4 Å². The Hall–Kier alpha value is -0.540. The van der Waals surface area contributed by atoms with Crippen LogP contribution in [0.25, 0.3) is 0 Å². The van der Waals surface area contributed by atoms with Crippen LogP contribution in [0.15, 0.2) is 16.8 Å². The molecular weight excluding hydrogens is 144 g/mol. The van der Waals surface area contributed by atoms with Crippen molar-refractivity contribution in [3.05, 3.63) is 16.8 Å². The van der Waals surface area contributed by atoms with Gasteiger partial charge in [-0.25, -0.2) is 0 Å². The van der Waals surface area contributed by atoms with Crippen molar-refractivity contribution in [3.63, 3.8) is 0 Å². The van der Waals surface area contributed by atoms with Gasteiger partial charge in [0.2, 0.25) is 0 Å². The van der Waals surface area contributed by atoms with Crippen LogP contribution < -0.4 is 10.6 Å². The van der Waals surface area contributed by atoms with Gasteiger partial charge in [0, 0.05) is 24.2 Å². The zero-order valence-corrected chi connectivity index (χ0v) is 6.45. The molecule has 2 N–H and O–H groups in total. The fraction of sp³-hybridized carbons (Fsp3) is 0.429. The van der Waals surface area contributed by atoms with E-state index in [4.69, 9.17) is 0 Å². The van der Waals surface area contributed by atoms with Crippen LogP contribution in [-0.4, -0.2) is 19.1 Å². The van der Waals surface area contributed by atoms with E-state index in [0.29, 0.717) is 6.04 Å². The van der Waals surface area contributed by atoms with Crippen molar-refractivity contribution in [2.45, 2.75) is 6.04 Å². The Morgan fingerprint density at radius 1 is 1.60 bits per heavy atom. The lowest BCUT2D eigenvalue weighted by molar-refractivity contribution is 0.472. The molecule has 0 unspecified atom stereocenters. The number of thiophene rings is 1. The molecule has 0 atom stereocenters. The minimum atomic E-state index is 0.662. The molecule has 0 radical (unpaired) electrons. The summed E-state index contributed by atoms with van der Waals surface area (Å²) in [6.45, 7) is 2.21. The van der Waals surface area contributed by atoms with Crippen LogP contribution in [0.4, 0.5) is 5.69 Å². The second-order valence-corrected chi connectivity index (χ2v) is 3.29. The standard InChI is InChI=1S/C7H10N2S/c1-2-10-5-6(1)9-7-3-8-4-7/h1-2,5,7-9H,3-4H2. The molecule has 10 heavy (non-hydrogen) atoms. The molecule has 1 aromatic rings. The molecule has 2 nitrogen and oxygen atoms in total. The Morgan fingerprint density at radius 2 is 2.50 bits per heavy atom. The van der Waals surface area contributed by atoms with Gasteiger partial charge in [0.15, 0.2) is 0 Å². The molecule has 54 valence electrons. The van der Waals surface area contributed by atoms with Crippen LogP contribution in [0.2, 0.25) is 0 Å². The van der Waals surface area contributed by atoms with Crippen molar-refractivity contribution in [2.75, 3.05) is 18.4 Å². The number of nitrogens with one attached hydrogen (secondary N) is 2. The van der Waals surface area contributed by atoms with Gasteiger partial charge in [-0.1, -0.05) is 0 Å². The Bertz CT molecular complexity index is 191. The molecule has 1 fully saturated rings. The summed E-state index contributed by atoms with van der Waals surface area (Å²) in [5, 5.41) is 10.8. The van der Waals surface area contributed by atoms with Gasteiger partial charge in [-0.2, -0.15) is 11.3 Å². The average molecular weight is 154 g/mol. The summed E-state index contributed by atoms with van der Waals surface area (Å²) in [6.07, 6.45) is 0. The van der Waals surface area contributed by atoms with Crippen molar-refractivity contribution >= 4 is 17.0 Å². The van der Waals surface area contributed by atoms with E-state index >= 15 is 0 Å². The highest BCUT2D eigenvalue weighted by Crippen LogP contribution is 2.13. The van der Waals surface area contributed by atoms with E-state index in [0.717, 1.165) is 13.1 Å². The van der Waals surface area contributed by atoms with Gasteiger partial charge in [-0.15, -0.1) is 0 Å². The molecule has 0 aliphatic carbocycles. The summed E-state index contributed by atoms with van der Waals surface area (Å²) in [4.78, 5) is 0. The van der Waals surface area contributed by atoms with E-state index in [2.05, 4.69) is 27.5 Å².